The fourth-order valence-corrected chi connectivity index (χ4v) is 1.93. The smallest absolute Gasteiger partial charge is 0.314 e. The minimum atomic E-state index is -0.514. The Morgan fingerprint density at radius 2 is 1.85 bits per heavy atom. The van der Waals surface area contributed by atoms with Crippen molar-refractivity contribution in [2.45, 2.75) is 25.8 Å². The normalized spacial score (nSPS) is 12.8. The van der Waals surface area contributed by atoms with E-state index in [-0.39, 0.29) is 24.4 Å². The van der Waals surface area contributed by atoms with Gasteiger partial charge in [0.1, 0.15) is 0 Å². The zero-order chi connectivity index (χ0) is 14.4. The molecule has 1 aromatic rings. The number of halogens is 1. The first-order chi connectivity index (χ1) is 9.04. The summed E-state index contributed by atoms with van der Waals surface area (Å²) in [6.45, 7) is 3.87. The summed E-state index contributed by atoms with van der Waals surface area (Å²) in [6.07, 6.45) is 0. The van der Waals surface area contributed by atoms with Gasteiger partial charge in [-0.15, -0.1) is 12.4 Å². The van der Waals surface area contributed by atoms with E-state index in [4.69, 9.17) is 19.9 Å². The van der Waals surface area contributed by atoms with Gasteiger partial charge in [0.05, 0.1) is 26.7 Å². The molecule has 0 fully saturated rings. The van der Waals surface area contributed by atoms with Gasteiger partial charge in [0.25, 0.3) is 0 Å². The van der Waals surface area contributed by atoms with E-state index in [9.17, 15) is 4.79 Å². The van der Waals surface area contributed by atoms with Gasteiger partial charge in [-0.05, 0) is 31.5 Å². The molecule has 1 aromatic carbocycles. The molecule has 114 valence electrons. The van der Waals surface area contributed by atoms with Crippen molar-refractivity contribution >= 4 is 18.4 Å². The molecule has 0 aromatic heterocycles. The van der Waals surface area contributed by atoms with E-state index in [0.29, 0.717) is 18.1 Å². The summed E-state index contributed by atoms with van der Waals surface area (Å²) in [7, 11) is 3.11. The van der Waals surface area contributed by atoms with Gasteiger partial charge in [-0.3, -0.25) is 4.79 Å². The molecule has 0 saturated heterocycles. The third-order valence-corrected chi connectivity index (χ3v) is 2.83. The van der Waals surface area contributed by atoms with Crippen LogP contribution in [0.4, 0.5) is 0 Å². The van der Waals surface area contributed by atoms with Crippen molar-refractivity contribution in [2.24, 2.45) is 5.73 Å². The lowest BCUT2D eigenvalue weighted by atomic mass is 9.92. The Morgan fingerprint density at radius 1 is 1.25 bits per heavy atom. The van der Waals surface area contributed by atoms with Crippen LogP contribution in [0, 0.1) is 0 Å². The Morgan fingerprint density at radius 3 is 2.30 bits per heavy atom. The second kappa shape index (κ2) is 8.66. The molecule has 6 heteroatoms. The van der Waals surface area contributed by atoms with Gasteiger partial charge in [-0.1, -0.05) is 6.07 Å². The van der Waals surface area contributed by atoms with Gasteiger partial charge in [-0.25, -0.2) is 0 Å². The quantitative estimate of drug-likeness (QED) is 0.815. The fourth-order valence-electron chi connectivity index (χ4n) is 1.93. The molecule has 0 heterocycles. The molecular weight excluding hydrogens is 282 g/mol. The van der Waals surface area contributed by atoms with Crippen molar-refractivity contribution in [1.82, 2.24) is 0 Å². The van der Waals surface area contributed by atoms with E-state index in [1.807, 2.05) is 0 Å². The molecule has 2 N–H and O–H groups in total. The third kappa shape index (κ3) is 4.28. The van der Waals surface area contributed by atoms with E-state index < -0.39 is 5.92 Å². The second-order valence-corrected chi connectivity index (χ2v) is 4.20. The average molecular weight is 304 g/mol. The van der Waals surface area contributed by atoms with Crippen molar-refractivity contribution in [3.05, 3.63) is 23.8 Å². The highest BCUT2D eigenvalue weighted by molar-refractivity contribution is 5.85. The van der Waals surface area contributed by atoms with Crippen LogP contribution in [0.2, 0.25) is 0 Å². The van der Waals surface area contributed by atoms with Gasteiger partial charge >= 0.3 is 5.97 Å². The molecule has 0 amide bonds. The van der Waals surface area contributed by atoms with Crippen LogP contribution in [-0.4, -0.2) is 32.8 Å². The maximum absolute atomic E-state index is 12.0. The summed E-state index contributed by atoms with van der Waals surface area (Å²) in [4.78, 5) is 12.0. The van der Waals surface area contributed by atoms with Crippen molar-refractivity contribution in [3.63, 3.8) is 0 Å². The van der Waals surface area contributed by atoms with Gasteiger partial charge in [0.2, 0.25) is 0 Å². The first-order valence-electron chi connectivity index (χ1n) is 6.19. The molecular formula is C14H22ClNO4. The van der Waals surface area contributed by atoms with Gasteiger partial charge in [0, 0.05) is 6.04 Å². The van der Waals surface area contributed by atoms with Crippen LogP contribution in [0.15, 0.2) is 18.2 Å². The van der Waals surface area contributed by atoms with Crippen LogP contribution < -0.4 is 15.2 Å². The number of rotatable bonds is 6. The number of hydrogen-bond acceptors (Lipinski definition) is 5. The molecule has 5 nitrogen and oxygen atoms in total. The van der Waals surface area contributed by atoms with Gasteiger partial charge < -0.3 is 19.9 Å². The molecule has 0 radical (unpaired) electrons. The van der Waals surface area contributed by atoms with Crippen molar-refractivity contribution in [3.8, 4) is 11.5 Å². The minimum Gasteiger partial charge on any atom is -0.493 e. The van der Waals surface area contributed by atoms with Crippen LogP contribution in [0.1, 0.15) is 25.3 Å². The molecule has 0 aliphatic carbocycles. The maximum atomic E-state index is 12.0. The number of hydrogen-bond donors (Lipinski definition) is 1. The van der Waals surface area contributed by atoms with E-state index in [0.717, 1.165) is 5.56 Å². The largest absolute Gasteiger partial charge is 0.493 e. The van der Waals surface area contributed by atoms with Gasteiger partial charge in [0.15, 0.2) is 11.5 Å². The molecule has 0 bridgehead atoms. The van der Waals surface area contributed by atoms with Crippen LogP contribution >= 0.6 is 12.4 Å². The lowest BCUT2D eigenvalue weighted by Crippen LogP contribution is -2.32. The number of ether oxygens (including phenoxy) is 3. The first-order valence-corrected chi connectivity index (χ1v) is 6.19. The second-order valence-electron chi connectivity index (χ2n) is 4.20. The molecule has 20 heavy (non-hydrogen) atoms. The van der Waals surface area contributed by atoms with Crippen LogP contribution in [-0.2, 0) is 9.53 Å². The number of esters is 1. The maximum Gasteiger partial charge on any atom is 0.314 e. The third-order valence-electron chi connectivity index (χ3n) is 2.83. The van der Waals surface area contributed by atoms with E-state index in [1.165, 1.54) is 0 Å². The Kier molecular flexibility index (Phi) is 8.03. The topological polar surface area (TPSA) is 70.8 Å². The Balaban J connectivity index is 0.00000361. The fraction of sp³-hybridized carbons (Fsp3) is 0.500. The molecule has 0 saturated carbocycles. The molecule has 2 unspecified atom stereocenters. The molecule has 0 aliphatic heterocycles. The van der Waals surface area contributed by atoms with Gasteiger partial charge in [-0.2, -0.15) is 0 Å². The summed E-state index contributed by atoms with van der Waals surface area (Å²) in [5, 5.41) is 0. The predicted molar refractivity (Wildman–Crippen MR) is 79.8 cm³/mol. The zero-order valence-corrected chi connectivity index (χ0v) is 13.0. The molecule has 0 aliphatic rings. The van der Waals surface area contributed by atoms with E-state index in [1.54, 1.807) is 46.3 Å². The number of benzene rings is 1. The number of methoxy groups -OCH3 is 2. The van der Waals surface area contributed by atoms with Crippen molar-refractivity contribution in [2.75, 3.05) is 20.8 Å². The van der Waals surface area contributed by atoms with Crippen LogP contribution in [0.25, 0.3) is 0 Å². The lowest BCUT2D eigenvalue weighted by molar-refractivity contribution is -0.145. The first kappa shape index (κ1) is 18.5. The Bertz CT molecular complexity index is 437. The highest BCUT2D eigenvalue weighted by atomic mass is 35.5. The monoisotopic (exact) mass is 303 g/mol. The van der Waals surface area contributed by atoms with Crippen LogP contribution in [0.5, 0.6) is 11.5 Å². The lowest BCUT2D eigenvalue weighted by Gasteiger charge is -2.20. The zero-order valence-electron chi connectivity index (χ0n) is 12.2. The summed E-state index contributed by atoms with van der Waals surface area (Å²) >= 11 is 0. The van der Waals surface area contributed by atoms with E-state index >= 15 is 0 Å². The van der Waals surface area contributed by atoms with Crippen molar-refractivity contribution in [1.29, 1.82) is 0 Å². The summed E-state index contributed by atoms with van der Waals surface area (Å²) in [5.41, 5.74) is 6.64. The molecule has 2 atom stereocenters. The van der Waals surface area contributed by atoms with Crippen LogP contribution in [0.3, 0.4) is 0 Å². The standard InChI is InChI=1S/C14H21NO4.ClH/c1-5-19-14(16)13(9(2)15)10-6-7-11(17-3)12(8-10)18-4;/h6-9,13H,5,15H2,1-4H3;1H. The predicted octanol–water partition coefficient (Wildman–Crippen LogP) is 2.12. The Hall–Kier alpha value is -1.46. The average Bonchev–Trinajstić information content (AvgIpc) is 2.38. The SMILES string of the molecule is CCOC(=O)C(c1ccc(OC)c(OC)c1)C(C)N.Cl. The summed E-state index contributed by atoms with van der Waals surface area (Å²) in [6, 6.07) is 4.95. The molecule has 1 rings (SSSR count). The molecule has 0 spiro atoms. The highest BCUT2D eigenvalue weighted by Crippen LogP contribution is 2.32. The summed E-state index contributed by atoms with van der Waals surface area (Å²) < 4.78 is 15.5. The Labute approximate surface area is 125 Å². The van der Waals surface area contributed by atoms with E-state index in [2.05, 4.69) is 0 Å². The number of carbonyl (C=O) groups excluding carboxylic acids is 1. The summed E-state index contributed by atoms with van der Waals surface area (Å²) in [5.74, 6) is 0.331. The minimum absolute atomic E-state index is 0. The number of nitrogens with two attached hydrogens (primary N) is 1. The highest BCUT2D eigenvalue weighted by Gasteiger charge is 2.26. The number of carbonyl (C=O) groups is 1. The van der Waals surface area contributed by atoms with Crippen molar-refractivity contribution < 1.29 is 19.0 Å².